The van der Waals surface area contributed by atoms with E-state index in [0.29, 0.717) is 62.4 Å². The molecule has 0 saturated carbocycles. The highest BCUT2D eigenvalue weighted by Gasteiger charge is 2.20. The van der Waals surface area contributed by atoms with Crippen molar-refractivity contribution >= 4 is 17.5 Å². The number of carbonyl (C=O) groups excluding carboxylic acids is 1. The van der Waals surface area contributed by atoms with E-state index in [2.05, 4.69) is 25.5 Å². The van der Waals surface area contributed by atoms with E-state index in [9.17, 15) is 4.79 Å². The van der Waals surface area contributed by atoms with Gasteiger partial charge in [-0.05, 0) is 19.1 Å². The summed E-state index contributed by atoms with van der Waals surface area (Å²) in [6, 6.07) is 7.26. The fourth-order valence-corrected chi connectivity index (χ4v) is 3.31. The Morgan fingerprint density at radius 1 is 1.10 bits per heavy atom. The second kappa shape index (κ2) is 8.95. The SMILES string of the molecule is Cc1nc(NCCNC(=O)c2cccc3c2OCCO3)cc(N2CCOCC2)n1. The average Bonchev–Trinajstić information content (AvgIpc) is 2.76. The van der Waals surface area contributed by atoms with Gasteiger partial charge in [-0.3, -0.25) is 4.79 Å². The Morgan fingerprint density at radius 2 is 1.93 bits per heavy atom. The third kappa shape index (κ3) is 4.68. The van der Waals surface area contributed by atoms with Gasteiger partial charge < -0.3 is 29.7 Å². The lowest BCUT2D eigenvalue weighted by atomic mass is 10.1. The van der Waals surface area contributed by atoms with Gasteiger partial charge in [-0.1, -0.05) is 6.07 Å². The molecule has 4 rings (SSSR count). The molecule has 9 nitrogen and oxygen atoms in total. The summed E-state index contributed by atoms with van der Waals surface area (Å²) in [4.78, 5) is 23.7. The summed E-state index contributed by atoms with van der Waals surface area (Å²) in [6.45, 7) is 6.84. The molecule has 154 valence electrons. The molecule has 1 aromatic heterocycles. The molecule has 0 bridgehead atoms. The van der Waals surface area contributed by atoms with E-state index < -0.39 is 0 Å². The zero-order chi connectivity index (χ0) is 20.1. The summed E-state index contributed by atoms with van der Waals surface area (Å²) in [6.07, 6.45) is 0. The number of fused-ring (bicyclic) bond motifs is 1. The monoisotopic (exact) mass is 399 g/mol. The Bertz CT molecular complexity index is 870. The predicted octanol–water partition coefficient (Wildman–Crippen LogP) is 1.23. The average molecular weight is 399 g/mol. The normalized spacial score (nSPS) is 15.7. The van der Waals surface area contributed by atoms with Crippen LogP contribution in [0.3, 0.4) is 0 Å². The van der Waals surface area contributed by atoms with Gasteiger partial charge in [0.2, 0.25) is 0 Å². The van der Waals surface area contributed by atoms with Gasteiger partial charge in [-0.25, -0.2) is 9.97 Å². The van der Waals surface area contributed by atoms with Crippen molar-refractivity contribution in [2.24, 2.45) is 0 Å². The Kier molecular flexibility index (Phi) is 5.95. The Labute approximate surface area is 169 Å². The first-order chi connectivity index (χ1) is 14.2. The number of hydrogen-bond donors (Lipinski definition) is 2. The summed E-state index contributed by atoms with van der Waals surface area (Å²) < 4.78 is 16.5. The van der Waals surface area contributed by atoms with E-state index in [1.165, 1.54) is 0 Å². The third-order valence-electron chi connectivity index (χ3n) is 4.69. The molecule has 1 fully saturated rings. The number of benzene rings is 1. The molecule has 2 aromatic rings. The van der Waals surface area contributed by atoms with Gasteiger partial charge in [-0.15, -0.1) is 0 Å². The van der Waals surface area contributed by atoms with Gasteiger partial charge in [0.1, 0.15) is 30.7 Å². The largest absolute Gasteiger partial charge is 0.486 e. The summed E-state index contributed by atoms with van der Waals surface area (Å²) in [7, 11) is 0. The lowest BCUT2D eigenvalue weighted by Crippen LogP contribution is -2.37. The second-order valence-corrected chi connectivity index (χ2v) is 6.77. The highest BCUT2D eigenvalue weighted by atomic mass is 16.6. The Balaban J connectivity index is 1.32. The molecule has 3 heterocycles. The molecule has 1 aromatic carbocycles. The first kappa shape index (κ1) is 19.3. The number of nitrogens with zero attached hydrogens (tertiary/aromatic N) is 3. The number of nitrogens with one attached hydrogen (secondary N) is 2. The number of amides is 1. The molecular weight excluding hydrogens is 374 g/mol. The van der Waals surface area contributed by atoms with Crippen LogP contribution in [0.15, 0.2) is 24.3 Å². The van der Waals surface area contributed by atoms with Crippen molar-refractivity contribution in [3.8, 4) is 11.5 Å². The quantitative estimate of drug-likeness (QED) is 0.700. The van der Waals surface area contributed by atoms with Gasteiger partial charge >= 0.3 is 0 Å². The third-order valence-corrected chi connectivity index (χ3v) is 4.69. The van der Waals surface area contributed by atoms with Crippen LogP contribution < -0.4 is 25.0 Å². The number of ether oxygens (including phenoxy) is 3. The van der Waals surface area contributed by atoms with E-state index in [4.69, 9.17) is 14.2 Å². The van der Waals surface area contributed by atoms with Crippen LogP contribution in [0.25, 0.3) is 0 Å². The van der Waals surface area contributed by atoms with E-state index >= 15 is 0 Å². The topological polar surface area (TPSA) is 97.8 Å². The first-order valence-corrected chi connectivity index (χ1v) is 9.80. The summed E-state index contributed by atoms with van der Waals surface area (Å²) >= 11 is 0. The zero-order valence-electron chi connectivity index (χ0n) is 16.4. The Hall–Kier alpha value is -3.07. The number of carbonyl (C=O) groups is 1. The molecule has 0 unspecified atom stereocenters. The number of hydrogen-bond acceptors (Lipinski definition) is 8. The molecule has 29 heavy (non-hydrogen) atoms. The van der Waals surface area contributed by atoms with Crippen LogP contribution in [0.5, 0.6) is 11.5 Å². The number of aryl methyl sites for hydroxylation is 1. The van der Waals surface area contributed by atoms with Gasteiger partial charge in [-0.2, -0.15) is 0 Å². The van der Waals surface area contributed by atoms with Crippen LogP contribution in [0.4, 0.5) is 11.6 Å². The highest BCUT2D eigenvalue weighted by Crippen LogP contribution is 2.33. The van der Waals surface area contributed by atoms with Gasteiger partial charge in [0, 0.05) is 32.2 Å². The molecule has 1 amide bonds. The summed E-state index contributed by atoms with van der Waals surface area (Å²) in [5.74, 6) is 3.25. The molecule has 2 aliphatic rings. The molecule has 0 aliphatic carbocycles. The number of anilines is 2. The molecule has 1 saturated heterocycles. The van der Waals surface area contributed by atoms with Crippen LogP contribution in [0, 0.1) is 6.92 Å². The maximum absolute atomic E-state index is 12.5. The second-order valence-electron chi connectivity index (χ2n) is 6.77. The lowest BCUT2D eigenvalue weighted by molar-refractivity contribution is 0.0944. The van der Waals surface area contributed by atoms with Crippen molar-refractivity contribution in [2.75, 3.05) is 62.8 Å². The first-order valence-electron chi connectivity index (χ1n) is 9.80. The molecule has 2 N–H and O–H groups in total. The minimum Gasteiger partial charge on any atom is -0.486 e. The number of aromatic nitrogens is 2. The van der Waals surface area contributed by atoms with E-state index in [-0.39, 0.29) is 5.91 Å². The minimum absolute atomic E-state index is 0.193. The predicted molar refractivity (Wildman–Crippen MR) is 108 cm³/mol. The van der Waals surface area contributed by atoms with Crippen molar-refractivity contribution in [2.45, 2.75) is 6.92 Å². The molecular formula is C20H25N5O4. The maximum atomic E-state index is 12.5. The zero-order valence-corrected chi connectivity index (χ0v) is 16.4. The van der Waals surface area contributed by atoms with E-state index in [1.807, 2.05) is 13.0 Å². The smallest absolute Gasteiger partial charge is 0.255 e. The van der Waals surface area contributed by atoms with Crippen LogP contribution in [-0.2, 0) is 4.74 Å². The lowest BCUT2D eigenvalue weighted by Gasteiger charge is -2.28. The van der Waals surface area contributed by atoms with Crippen LogP contribution >= 0.6 is 0 Å². The molecule has 2 aliphatic heterocycles. The maximum Gasteiger partial charge on any atom is 0.255 e. The standard InChI is InChI=1S/C20H25N5O4/c1-14-23-17(13-18(24-14)25-7-9-27-10-8-25)21-5-6-22-20(26)15-3-2-4-16-19(15)29-12-11-28-16/h2-4,13H,5-12H2,1H3,(H,22,26)(H,21,23,24). The minimum atomic E-state index is -0.193. The molecule has 9 heteroatoms. The molecule has 0 spiro atoms. The molecule has 0 radical (unpaired) electrons. The fraction of sp³-hybridized carbons (Fsp3) is 0.450. The van der Waals surface area contributed by atoms with Crippen molar-refractivity contribution in [3.63, 3.8) is 0 Å². The van der Waals surface area contributed by atoms with Gasteiger partial charge in [0.05, 0.1) is 18.8 Å². The van der Waals surface area contributed by atoms with Crippen molar-refractivity contribution in [1.29, 1.82) is 0 Å². The fourth-order valence-electron chi connectivity index (χ4n) is 3.31. The van der Waals surface area contributed by atoms with Crippen LogP contribution in [0.1, 0.15) is 16.2 Å². The van der Waals surface area contributed by atoms with E-state index in [0.717, 1.165) is 24.7 Å². The summed E-state index contributed by atoms with van der Waals surface area (Å²) in [5, 5.41) is 6.16. The Morgan fingerprint density at radius 3 is 2.79 bits per heavy atom. The van der Waals surface area contributed by atoms with Crippen molar-refractivity contribution in [3.05, 3.63) is 35.7 Å². The van der Waals surface area contributed by atoms with Crippen molar-refractivity contribution < 1.29 is 19.0 Å². The summed E-state index contributed by atoms with van der Waals surface area (Å²) in [5.41, 5.74) is 0.481. The van der Waals surface area contributed by atoms with Gasteiger partial charge in [0.25, 0.3) is 5.91 Å². The number of para-hydroxylation sites is 1. The van der Waals surface area contributed by atoms with E-state index in [1.54, 1.807) is 18.2 Å². The number of rotatable bonds is 6. The van der Waals surface area contributed by atoms with Crippen LogP contribution in [-0.4, -0.2) is 68.5 Å². The van der Waals surface area contributed by atoms with Crippen LogP contribution in [0.2, 0.25) is 0 Å². The van der Waals surface area contributed by atoms with Crippen molar-refractivity contribution in [1.82, 2.24) is 15.3 Å². The van der Waals surface area contributed by atoms with Gasteiger partial charge in [0.15, 0.2) is 11.5 Å². The number of morpholine rings is 1. The molecule has 0 atom stereocenters. The highest BCUT2D eigenvalue weighted by molar-refractivity contribution is 5.97.